The summed E-state index contributed by atoms with van der Waals surface area (Å²) in [6, 6.07) is 13.5. The highest BCUT2D eigenvalue weighted by Crippen LogP contribution is 2.19. The summed E-state index contributed by atoms with van der Waals surface area (Å²) < 4.78 is 39.1. The molecule has 0 fully saturated rings. The molecule has 2 aromatic rings. The van der Waals surface area contributed by atoms with Gasteiger partial charge in [-0.25, -0.2) is 12.8 Å². The Morgan fingerprint density at radius 1 is 1.03 bits per heavy atom. The van der Waals surface area contributed by atoms with Crippen LogP contribution in [0.4, 0.5) is 10.1 Å². The monoisotopic (exact) mass is 477 g/mol. The minimum atomic E-state index is -3.83. The predicted octanol–water partition coefficient (Wildman–Crippen LogP) is 2.97. The van der Waals surface area contributed by atoms with Crippen molar-refractivity contribution in [3.05, 3.63) is 66.0 Å². The van der Waals surface area contributed by atoms with E-state index in [0.29, 0.717) is 6.42 Å². The third kappa shape index (κ3) is 7.85. The highest BCUT2D eigenvalue weighted by atomic mass is 32.2. The van der Waals surface area contributed by atoms with Crippen molar-refractivity contribution in [1.29, 1.82) is 0 Å². The van der Waals surface area contributed by atoms with Crippen molar-refractivity contribution in [2.75, 3.05) is 23.7 Å². The number of hydrogen-bond acceptors (Lipinski definition) is 4. The fourth-order valence-corrected chi connectivity index (χ4v) is 4.11. The van der Waals surface area contributed by atoms with Crippen molar-refractivity contribution < 1.29 is 22.4 Å². The molecule has 2 amide bonds. The normalized spacial score (nSPS) is 13.1. The van der Waals surface area contributed by atoms with Gasteiger partial charge in [-0.1, -0.05) is 37.3 Å². The Hall–Kier alpha value is -2.94. The van der Waals surface area contributed by atoms with E-state index in [0.717, 1.165) is 34.7 Å². The van der Waals surface area contributed by atoms with Gasteiger partial charge in [0.15, 0.2) is 0 Å². The number of benzene rings is 2. The van der Waals surface area contributed by atoms with E-state index < -0.39 is 34.3 Å². The largest absolute Gasteiger partial charge is 0.352 e. The number of carbonyl (C=O) groups excluding carboxylic acids is 2. The van der Waals surface area contributed by atoms with Gasteiger partial charge in [0, 0.05) is 12.6 Å². The lowest BCUT2D eigenvalue weighted by atomic mass is 10.1. The number of amides is 2. The van der Waals surface area contributed by atoms with Gasteiger partial charge in [-0.2, -0.15) is 0 Å². The highest BCUT2D eigenvalue weighted by Gasteiger charge is 2.30. The summed E-state index contributed by atoms with van der Waals surface area (Å²) in [7, 11) is -3.83. The molecule has 0 spiro atoms. The van der Waals surface area contributed by atoms with Crippen molar-refractivity contribution in [1.82, 2.24) is 10.2 Å². The first-order chi connectivity index (χ1) is 15.5. The Bertz CT molecular complexity index is 1030. The number of halogens is 1. The lowest BCUT2D eigenvalue weighted by Gasteiger charge is -2.32. The van der Waals surface area contributed by atoms with Crippen LogP contribution >= 0.6 is 0 Å². The molecule has 2 rings (SSSR count). The Morgan fingerprint density at radius 3 is 2.18 bits per heavy atom. The first-order valence-electron chi connectivity index (χ1n) is 10.9. The van der Waals surface area contributed by atoms with E-state index in [9.17, 15) is 22.4 Å². The lowest BCUT2D eigenvalue weighted by Crippen LogP contribution is -2.53. The summed E-state index contributed by atoms with van der Waals surface area (Å²) >= 11 is 0. The number of hydrogen-bond donors (Lipinski definition) is 1. The zero-order valence-corrected chi connectivity index (χ0v) is 20.3. The fraction of sp³-hybridized carbons (Fsp3) is 0.417. The Balaban J connectivity index is 2.29. The van der Waals surface area contributed by atoms with Gasteiger partial charge >= 0.3 is 0 Å². The molecule has 2 aromatic carbocycles. The first-order valence-corrected chi connectivity index (χ1v) is 12.7. The third-order valence-electron chi connectivity index (χ3n) is 5.45. The molecular formula is C24H32FN3O4S. The molecule has 0 bridgehead atoms. The molecule has 0 aliphatic carbocycles. The molecule has 7 nitrogen and oxygen atoms in total. The van der Waals surface area contributed by atoms with Gasteiger partial charge < -0.3 is 10.2 Å². The molecule has 0 unspecified atom stereocenters. The summed E-state index contributed by atoms with van der Waals surface area (Å²) in [5, 5.41) is 2.88. The lowest BCUT2D eigenvalue weighted by molar-refractivity contribution is -0.139. The first kappa shape index (κ1) is 26.3. The van der Waals surface area contributed by atoms with Gasteiger partial charge in [-0.15, -0.1) is 0 Å². The van der Waals surface area contributed by atoms with Gasteiger partial charge in [0.2, 0.25) is 21.8 Å². The molecular weight excluding hydrogens is 445 g/mol. The van der Waals surface area contributed by atoms with Crippen LogP contribution in [0.15, 0.2) is 54.6 Å². The van der Waals surface area contributed by atoms with Crippen LogP contribution in [0, 0.1) is 5.82 Å². The van der Waals surface area contributed by atoms with E-state index in [1.807, 2.05) is 44.2 Å². The van der Waals surface area contributed by atoms with E-state index in [4.69, 9.17) is 0 Å². The molecule has 180 valence electrons. The number of sulfonamides is 1. The molecule has 0 aliphatic rings. The van der Waals surface area contributed by atoms with E-state index in [2.05, 4.69) is 5.32 Å². The second-order valence-electron chi connectivity index (χ2n) is 8.06. The number of nitrogens with one attached hydrogen (secondary N) is 1. The number of nitrogens with zero attached hydrogens (tertiary/aromatic N) is 2. The predicted molar refractivity (Wildman–Crippen MR) is 128 cm³/mol. The van der Waals surface area contributed by atoms with Crippen LogP contribution in [0.2, 0.25) is 0 Å². The number of carbonyl (C=O) groups is 2. The van der Waals surface area contributed by atoms with Crippen LogP contribution in [-0.4, -0.2) is 56.6 Å². The Kier molecular flexibility index (Phi) is 9.40. The zero-order valence-electron chi connectivity index (χ0n) is 19.5. The van der Waals surface area contributed by atoms with Crippen molar-refractivity contribution in [2.24, 2.45) is 0 Å². The average Bonchev–Trinajstić information content (AvgIpc) is 2.78. The molecule has 0 aromatic heterocycles. The van der Waals surface area contributed by atoms with Crippen LogP contribution < -0.4 is 9.62 Å². The zero-order chi connectivity index (χ0) is 24.6. The standard InChI is InChI=1S/C24H32FN3O4S/c1-5-18(2)26-24(30)19(3)27(16-15-20-9-7-6-8-10-20)23(29)17-28(33(4,31)32)22-13-11-21(25)12-14-22/h6-14,18-19H,5,15-17H2,1-4H3,(H,26,30)/t18-,19-/m1/s1. The third-order valence-corrected chi connectivity index (χ3v) is 6.59. The second-order valence-corrected chi connectivity index (χ2v) is 9.97. The molecule has 0 saturated carbocycles. The summed E-state index contributed by atoms with van der Waals surface area (Å²) in [5.74, 6) is -1.34. The van der Waals surface area contributed by atoms with Crippen molar-refractivity contribution in [2.45, 2.75) is 45.7 Å². The van der Waals surface area contributed by atoms with Crippen LogP contribution in [0.1, 0.15) is 32.8 Å². The Morgan fingerprint density at radius 2 is 1.64 bits per heavy atom. The molecule has 9 heteroatoms. The average molecular weight is 478 g/mol. The van der Waals surface area contributed by atoms with Crippen LogP contribution in [0.3, 0.4) is 0 Å². The summed E-state index contributed by atoms with van der Waals surface area (Å²) in [5.41, 5.74) is 1.16. The van der Waals surface area contributed by atoms with Gasteiger partial charge in [-0.05, 0) is 56.5 Å². The molecule has 0 aliphatic heterocycles. The molecule has 1 N–H and O–H groups in total. The van der Waals surface area contributed by atoms with Crippen molar-refractivity contribution >= 4 is 27.5 Å². The van der Waals surface area contributed by atoms with E-state index >= 15 is 0 Å². The van der Waals surface area contributed by atoms with Crippen LogP contribution in [0.25, 0.3) is 0 Å². The minimum absolute atomic E-state index is 0.0576. The maximum absolute atomic E-state index is 13.3. The molecule has 0 radical (unpaired) electrons. The SMILES string of the molecule is CC[C@@H](C)NC(=O)[C@@H](C)N(CCc1ccccc1)C(=O)CN(c1ccc(F)cc1)S(C)(=O)=O. The summed E-state index contributed by atoms with van der Waals surface area (Å²) in [6.45, 7) is 5.18. The summed E-state index contributed by atoms with van der Waals surface area (Å²) in [6.07, 6.45) is 2.23. The number of rotatable bonds is 11. The molecule has 0 saturated heterocycles. The topological polar surface area (TPSA) is 86.8 Å². The molecule has 33 heavy (non-hydrogen) atoms. The van der Waals surface area contributed by atoms with Crippen molar-refractivity contribution in [3.63, 3.8) is 0 Å². The van der Waals surface area contributed by atoms with Crippen LogP contribution in [-0.2, 0) is 26.0 Å². The second kappa shape index (κ2) is 11.8. The Labute approximate surface area is 195 Å². The van der Waals surface area contributed by atoms with Gasteiger partial charge in [0.05, 0.1) is 11.9 Å². The molecule has 0 heterocycles. The minimum Gasteiger partial charge on any atom is -0.352 e. The maximum atomic E-state index is 13.3. The van der Waals surface area contributed by atoms with Gasteiger partial charge in [0.1, 0.15) is 18.4 Å². The summed E-state index contributed by atoms with van der Waals surface area (Å²) in [4.78, 5) is 27.5. The van der Waals surface area contributed by atoms with Gasteiger partial charge in [0.25, 0.3) is 0 Å². The van der Waals surface area contributed by atoms with Crippen LogP contribution in [0.5, 0.6) is 0 Å². The number of anilines is 1. The maximum Gasteiger partial charge on any atom is 0.244 e. The van der Waals surface area contributed by atoms with Crippen molar-refractivity contribution in [3.8, 4) is 0 Å². The quantitative estimate of drug-likeness (QED) is 0.539. The smallest absolute Gasteiger partial charge is 0.244 e. The van der Waals surface area contributed by atoms with E-state index in [-0.39, 0.29) is 24.2 Å². The molecule has 2 atom stereocenters. The highest BCUT2D eigenvalue weighted by molar-refractivity contribution is 7.92. The van der Waals surface area contributed by atoms with Gasteiger partial charge in [-0.3, -0.25) is 13.9 Å². The van der Waals surface area contributed by atoms with E-state index in [1.165, 1.54) is 17.0 Å². The fourth-order valence-electron chi connectivity index (χ4n) is 3.26. The van der Waals surface area contributed by atoms with E-state index in [1.54, 1.807) is 6.92 Å².